The normalized spacial score (nSPS) is 11.2. The number of thiazole rings is 1. The SMILES string of the molecule is Cc1csc(-c2ccc(NC(=O)NC(C)(C)CO)cc2)n1. The number of carbonyl (C=O) groups is 1. The van der Waals surface area contributed by atoms with Crippen molar-refractivity contribution in [3.8, 4) is 10.6 Å². The van der Waals surface area contributed by atoms with Gasteiger partial charge < -0.3 is 15.7 Å². The third-order valence-corrected chi connectivity index (χ3v) is 3.87. The number of aromatic nitrogens is 1. The van der Waals surface area contributed by atoms with E-state index in [9.17, 15) is 4.79 Å². The van der Waals surface area contributed by atoms with Crippen LogP contribution in [0.1, 0.15) is 19.5 Å². The van der Waals surface area contributed by atoms with E-state index in [1.54, 1.807) is 25.2 Å². The Morgan fingerprint density at radius 3 is 2.52 bits per heavy atom. The quantitative estimate of drug-likeness (QED) is 0.813. The zero-order chi connectivity index (χ0) is 15.5. The van der Waals surface area contributed by atoms with Crippen LogP contribution in [0.5, 0.6) is 0 Å². The summed E-state index contributed by atoms with van der Waals surface area (Å²) in [5.74, 6) is 0. The monoisotopic (exact) mass is 305 g/mol. The minimum Gasteiger partial charge on any atom is -0.394 e. The number of nitrogens with one attached hydrogen (secondary N) is 2. The van der Waals surface area contributed by atoms with E-state index in [1.807, 2.05) is 36.6 Å². The molecule has 0 radical (unpaired) electrons. The van der Waals surface area contributed by atoms with E-state index in [-0.39, 0.29) is 12.6 Å². The fourth-order valence-corrected chi connectivity index (χ4v) is 2.50. The lowest BCUT2D eigenvalue weighted by atomic mass is 10.1. The Morgan fingerprint density at radius 2 is 2.00 bits per heavy atom. The van der Waals surface area contributed by atoms with Crippen LogP contribution in [-0.4, -0.2) is 28.3 Å². The first-order valence-corrected chi connectivity index (χ1v) is 7.50. The number of urea groups is 1. The smallest absolute Gasteiger partial charge is 0.319 e. The zero-order valence-electron chi connectivity index (χ0n) is 12.3. The fourth-order valence-electron chi connectivity index (χ4n) is 1.69. The van der Waals surface area contributed by atoms with Gasteiger partial charge in [-0.15, -0.1) is 11.3 Å². The van der Waals surface area contributed by atoms with E-state index < -0.39 is 5.54 Å². The van der Waals surface area contributed by atoms with Gasteiger partial charge in [0.2, 0.25) is 0 Å². The summed E-state index contributed by atoms with van der Waals surface area (Å²) < 4.78 is 0. The van der Waals surface area contributed by atoms with Crippen molar-refractivity contribution in [2.24, 2.45) is 0 Å². The second kappa shape index (κ2) is 6.24. The Hall–Kier alpha value is -1.92. The van der Waals surface area contributed by atoms with Gasteiger partial charge in [0.15, 0.2) is 0 Å². The van der Waals surface area contributed by atoms with Crippen molar-refractivity contribution in [3.05, 3.63) is 35.3 Å². The molecule has 0 atom stereocenters. The number of nitrogens with zero attached hydrogens (tertiary/aromatic N) is 1. The number of hydrogen-bond acceptors (Lipinski definition) is 4. The molecule has 0 unspecified atom stereocenters. The van der Waals surface area contributed by atoms with Crippen molar-refractivity contribution in [2.75, 3.05) is 11.9 Å². The van der Waals surface area contributed by atoms with Crippen molar-refractivity contribution in [1.29, 1.82) is 0 Å². The highest BCUT2D eigenvalue weighted by molar-refractivity contribution is 7.13. The van der Waals surface area contributed by atoms with Gasteiger partial charge in [0.25, 0.3) is 0 Å². The molecule has 112 valence electrons. The third kappa shape index (κ3) is 4.27. The molecule has 21 heavy (non-hydrogen) atoms. The van der Waals surface area contributed by atoms with Crippen LogP contribution < -0.4 is 10.6 Å². The number of rotatable bonds is 4. The highest BCUT2D eigenvalue weighted by Crippen LogP contribution is 2.24. The molecule has 5 nitrogen and oxygen atoms in total. The Labute approximate surface area is 128 Å². The highest BCUT2D eigenvalue weighted by atomic mass is 32.1. The van der Waals surface area contributed by atoms with E-state index >= 15 is 0 Å². The van der Waals surface area contributed by atoms with Crippen LogP contribution >= 0.6 is 11.3 Å². The van der Waals surface area contributed by atoms with Gasteiger partial charge in [-0.05, 0) is 45.0 Å². The van der Waals surface area contributed by atoms with E-state index in [4.69, 9.17) is 5.11 Å². The lowest BCUT2D eigenvalue weighted by Crippen LogP contribution is -2.48. The summed E-state index contributed by atoms with van der Waals surface area (Å²) in [7, 11) is 0. The highest BCUT2D eigenvalue weighted by Gasteiger charge is 2.18. The summed E-state index contributed by atoms with van der Waals surface area (Å²) in [6, 6.07) is 7.16. The van der Waals surface area contributed by atoms with Gasteiger partial charge in [-0.3, -0.25) is 0 Å². The first kappa shape index (κ1) is 15.5. The van der Waals surface area contributed by atoms with Gasteiger partial charge in [-0.2, -0.15) is 0 Å². The van der Waals surface area contributed by atoms with Crippen LogP contribution in [0.2, 0.25) is 0 Å². The largest absolute Gasteiger partial charge is 0.394 e. The first-order valence-electron chi connectivity index (χ1n) is 6.62. The van der Waals surface area contributed by atoms with Crippen LogP contribution in [0.15, 0.2) is 29.6 Å². The molecule has 2 amide bonds. The van der Waals surface area contributed by atoms with Gasteiger partial charge in [0, 0.05) is 22.3 Å². The van der Waals surface area contributed by atoms with Crippen molar-refractivity contribution < 1.29 is 9.90 Å². The van der Waals surface area contributed by atoms with Crippen LogP contribution in [0, 0.1) is 6.92 Å². The molecule has 2 rings (SSSR count). The van der Waals surface area contributed by atoms with Crippen LogP contribution in [0.3, 0.4) is 0 Å². The Morgan fingerprint density at radius 1 is 1.33 bits per heavy atom. The number of aliphatic hydroxyl groups is 1. The average Bonchev–Trinajstić information content (AvgIpc) is 2.85. The molecule has 6 heteroatoms. The van der Waals surface area contributed by atoms with E-state index in [0.717, 1.165) is 16.3 Å². The maximum atomic E-state index is 11.8. The number of amides is 2. The van der Waals surface area contributed by atoms with Gasteiger partial charge in [0.05, 0.1) is 12.1 Å². The minimum atomic E-state index is -0.650. The second-order valence-corrected chi connectivity index (χ2v) is 6.35. The van der Waals surface area contributed by atoms with E-state index in [0.29, 0.717) is 5.69 Å². The Bertz CT molecular complexity index is 620. The predicted octanol–water partition coefficient (Wildman–Crippen LogP) is 3.01. The summed E-state index contributed by atoms with van der Waals surface area (Å²) in [6.45, 7) is 5.34. The molecule has 0 saturated carbocycles. The molecule has 0 spiro atoms. The molecule has 0 aliphatic rings. The molecule has 3 N–H and O–H groups in total. The maximum Gasteiger partial charge on any atom is 0.319 e. The Kier molecular flexibility index (Phi) is 4.59. The summed E-state index contributed by atoms with van der Waals surface area (Å²) in [5, 5.41) is 17.5. The van der Waals surface area contributed by atoms with Crippen LogP contribution in [0.4, 0.5) is 10.5 Å². The molecule has 1 aromatic heterocycles. The topological polar surface area (TPSA) is 74.2 Å². The molecule has 2 aromatic rings. The summed E-state index contributed by atoms with van der Waals surface area (Å²) in [5.41, 5.74) is 2.07. The molecule has 0 saturated heterocycles. The van der Waals surface area contributed by atoms with Crippen molar-refractivity contribution in [1.82, 2.24) is 10.3 Å². The van der Waals surface area contributed by atoms with Gasteiger partial charge in [0.1, 0.15) is 5.01 Å². The van der Waals surface area contributed by atoms with E-state index in [2.05, 4.69) is 15.6 Å². The molecular formula is C15H19N3O2S. The molecular weight excluding hydrogens is 286 g/mol. The number of benzene rings is 1. The molecule has 0 aliphatic heterocycles. The average molecular weight is 305 g/mol. The van der Waals surface area contributed by atoms with E-state index in [1.165, 1.54) is 0 Å². The fraction of sp³-hybridized carbons (Fsp3) is 0.333. The van der Waals surface area contributed by atoms with Gasteiger partial charge in [-0.25, -0.2) is 9.78 Å². The van der Waals surface area contributed by atoms with Crippen molar-refractivity contribution >= 4 is 23.1 Å². The molecule has 1 aromatic carbocycles. The molecule has 0 bridgehead atoms. The Balaban J connectivity index is 2.01. The number of aryl methyl sites for hydroxylation is 1. The lowest BCUT2D eigenvalue weighted by Gasteiger charge is -2.23. The minimum absolute atomic E-state index is 0.122. The number of carbonyl (C=O) groups excluding carboxylic acids is 1. The van der Waals surface area contributed by atoms with Crippen LogP contribution in [0.25, 0.3) is 10.6 Å². The summed E-state index contributed by atoms with van der Waals surface area (Å²) in [4.78, 5) is 16.2. The third-order valence-electron chi connectivity index (χ3n) is 2.86. The predicted molar refractivity (Wildman–Crippen MR) is 85.6 cm³/mol. The summed E-state index contributed by atoms with van der Waals surface area (Å²) in [6.07, 6.45) is 0. The number of hydrogen-bond donors (Lipinski definition) is 3. The number of aliphatic hydroxyl groups excluding tert-OH is 1. The summed E-state index contributed by atoms with van der Waals surface area (Å²) >= 11 is 1.59. The zero-order valence-corrected chi connectivity index (χ0v) is 13.1. The van der Waals surface area contributed by atoms with Gasteiger partial charge in [-0.1, -0.05) is 0 Å². The molecule has 0 aliphatic carbocycles. The number of anilines is 1. The molecule has 0 fully saturated rings. The first-order chi connectivity index (χ1) is 9.89. The second-order valence-electron chi connectivity index (χ2n) is 5.49. The van der Waals surface area contributed by atoms with Crippen molar-refractivity contribution in [3.63, 3.8) is 0 Å². The lowest BCUT2D eigenvalue weighted by molar-refractivity contribution is 0.187. The van der Waals surface area contributed by atoms with Crippen LogP contribution in [-0.2, 0) is 0 Å². The van der Waals surface area contributed by atoms with Gasteiger partial charge >= 0.3 is 6.03 Å². The standard InChI is InChI=1S/C15H19N3O2S/c1-10-8-21-13(16-10)11-4-6-12(7-5-11)17-14(20)18-15(2,3)9-19/h4-8,19H,9H2,1-3H3,(H2,17,18,20). The molecule has 1 heterocycles. The maximum absolute atomic E-state index is 11.8. The van der Waals surface area contributed by atoms with Crippen molar-refractivity contribution in [2.45, 2.75) is 26.3 Å².